The fourth-order valence-corrected chi connectivity index (χ4v) is 1.95. The van der Waals surface area contributed by atoms with Gasteiger partial charge >= 0.3 is 0 Å². The van der Waals surface area contributed by atoms with E-state index < -0.39 is 0 Å². The van der Waals surface area contributed by atoms with Crippen LogP contribution >= 0.6 is 0 Å². The van der Waals surface area contributed by atoms with E-state index in [2.05, 4.69) is 16.6 Å². The van der Waals surface area contributed by atoms with Crippen molar-refractivity contribution >= 4 is 17.3 Å². The van der Waals surface area contributed by atoms with Crippen LogP contribution in [0.4, 0.5) is 11.4 Å². The predicted octanol–water partition coefficient (Wildman–Crippen LogP) is 3.12. The van der Waals surface area contributed by atoms with E-state index in [1.54, 1.807) is 0 Å². The summed E-state index contributed by atoms with van der Waals surface area (Å²) in [6, 6.07) is 14.7. The molecule has 2 N–H and O–H groups in total. The van der Waals surface area contributed by atoms with Crippen LogP contribution in [0.3, 0.4) is 0 Å². The third kappa shape index (κ3) is 4.29. The fourth-order valence-electron chi connectivity index (χ4n) is 1.95. The van der Waals surface area contributed by atoms with Gasteiger partial charge in [0.25, 0.3) is 0 Å². The van der Waals surface area contributed by atoms with E-state index in [0.717, 1.165) is 11.3 Å². The van der Waals surface area contributed by atoms with Crippen LogP contribution in [0.2, 0.25) is 0 Å². The minimum atomic E-state index is -0.154. The minimum absolute atomic E-state index is 0.147. The number of nitrogens with one attached hydrogen (secondary N) is 2. The molecule has 0 aliphatic rings. The van der Waals surface area contributed by atoms with E-state index in [1.165, 1.54) is 0 Å². The number of para-hydroxylation sites is 2. The Labute approximate surface area is 130 Å². The van der Waals surface area contributed by atoms with Gasteiger partial charge in [-0.25, -0.2) is 0 Å². The van der Waals surface area contributed by atoms with Gasteiger partial charge in [-0.1, -0.05) is 24.1 Å². The Hall–Kier alpha value is -2.93. The van der Waals surface area contributed by atoms with Crippen LogP contribution in [0.15, 0.2) is 48.5 Å². The van der Waals surface area contributed by atoms with Crippen molar-refractivity contribution < 1.29 is 9.53 Å². The van der Waals surface area contributed by atoms with Crippen LogP contribution in [0, 0.1) is 12.3 Å². The molecule has 22 heavy (non-hydrogen) atoms. The Morgan fingerprint density at radius 1 is 1.23 bits per heavy atom. The zero-order chi connectivity index (χ0) is 15.8. The number of carbonyl (C=O) groups is 1. The quantitative estimate of drug-likeness (QED) is 0.805. The Bertz CT molecular complexity index is 689. The van der Waals surface area contributed by atoms with Gasteiger partial charge in [0.2, 0.25) is 5.91 Å². The highest BCUT2D eigenvalue weighted by Gasteiger charge is 2.07. The molecular weight excluding hydrogens is 276 g/mol. The summed E-state index contributed by atoms with van der Waals surface area (Å²) in [4.78, 5) is 12.0. The van der Waals surface area contributed by atoms with E-state index in [1.807, 2.05) is 55.5 Å². The second-order valence-electron chi connectivity index (χ2n) is 4.56. The third-order valence-corrected chi connectivity index (χ3v) is 2.94. The van der Waals surface area contributed by atoms with E-state index in [-0.39, 0.29) is 12.5 Å². The smallest absolute Gasteiger partial charge is 0.243 e. The lowest BCUT2D eigenvalue weighted by molar-refractivity contribution is -0.114. The molecule has 2 aromatic carbocycles. The van der Waals surface area contributed by atoms with E-state index >= 15 is 0 Å². The molecule has 0 fully saturated rings. The van der Waals surface area contributed by atoms with Gasteiger partial charge in [0.05, 0.1) is 18.8 Å². The average molecular weight is 294 g/mol. The molecule has 0 radical (unpaired) electrons. The van der Waals surface area contributed by atoms with Crippen LogP contribution in [-0.2, 0) is 4.79 Å². The maximum atomic E-state index is 12.0. The summed E-state index contributed by atoms with van der Waals surface area (Å²) >= 11 is 0. The predicted molar refractivity (Wildman–Crippen MR) is 89.1 cm³/mol. The minimum Gasteiger partial charge on any atom is -0.492 e. The van der Waals surface area contributed by atoms with Gasteiger partial charge < -0.3 is 15.4 Å². The first-order valence-electron chi connectivity index (χ1n) is 7.05. The van der Waals surface area contributed by atoms with Gasteiger partial charge in [0.1, 0.15) is 5.75 Å². The highest BCUT2D eigenvalue weighted by atomic mass is 16.5. The topological polar surface area (TPSA) is 50.4 Å². The molecule has 112 valence electrons. The molecule has 0 aromatic heterocycles. The largest absolute Gasteiger partial charge is 0.492 e. The third-order valence-electron chi connectivity index (χ3n) is 2.94. The molecule has 0 aliphatic carbocycles. The Kier molecular flexibility index (Phi) is 5.44. The summed E-state index contributed by atoms with van der Waals surface area (Å²) in [5.41, 5.74) is 2.24. The Balaban J connectivity index is 1.94. The summed E-state index contributed by atoms with van der Waals surface area (Å²) in [6.07, 6.45) is 5.35. The first kappa shape index (κ1) is 15.5. The van der Waals surface area contributed by atoms with Crippen LogP contribution < -0.4 is 15.4 Å². The molecule has 0 aliphatic heterocycles. The molecule has 2 aromatic rings. The summed E-state index contributed by atoms with van der Waals surface area (Å²) in [6.45, 7) is 2.59. The van der Waals surface area contributed by atoms with Crippen LogP contribution in [0.25, 0.3) is 0 Å². The standard InChI is InChI=1S/C18H18N2O2/c1-3-14-8-7-9-15(12-14)19-13-18(21)20-16-10-5-6-11-17(16)22-4-2/h1,5-12,19H,4,13H2,2H3,(H,20,21). The van der Waals surface area contributed by atoms with Crippen molar-refractivity contribution in [2.24, 2.45) is 0 Å². The molecule has 2 rings (SSSR count). The summed E-state index contributed by atoms with van der Waals surface area (Å²) < 4.78 is 5.47. The molecule has 0 bridgehead atoms. The van der Waals surface area contributed by atoms with Crippen molar-refractivity contribution in [2.75, 3.05) is 23.8 Å². The average Bonchev–Trinajstić information content (AvgIpc) is 2.55. The number of amides is 1. The van der Waals surface area contributed by atoms with Gasteiger partial charge in [0.15, 0.2) is 0 Å². The van der Waals surface area contributed by atoms with Crippen molar-refractivity contribution in [1.29, 1.82) is 0 Å². The molecule has 0 unspecified atom stereocenters. The number of ether oxygens (including phenoxy) is 1. The summed E-state index contributed by atoms with van der Waals surface area (Å²) in [5.74, 6) is 3.06. The highest BCUT2D eigenvalue weighted by molar-refractivity contribution is 5.95. The second-order valence-corrected chi connectivity index (χ2v) is 4.56. The summed E-state index contributed by atoms with van der Waals surface area (Å²) in [5, 5.41) is 5.87. The lowest BCUT2D eigenvalue weighted by Gasteiger charge is -2.12. The van der Waals surface area contributed by atoms with E-state index in [0.29, 0.717) is 18.0 Å². The maximum absolute atomic E-state index is 12.0. The lowest BCUT2D eigenvalue weighted by Crippen LogP contribution is -2.22. The number of rotatable bonds is 6. The number of hydrogen-bond acceptors (Lipinski definition) is 3. The molecular formula is C18H18N2O2. The van der Waals surface area contributed by atoms with Gasteiger partial charge in [-0.05, 0) is 37.3 Å². The lowest BCUT2D eigenvalue weighted by atomic mass is 10.2. The molecule has 4 heteroatoms. The first-order valence-corrected chi connectivity index (χ1v) is 7.05. The molecule has 0 spiro atoms. The second kappa shape index (κ2) is 7.75. The number of benzene rings is 2. The number of hydrogen-bond donors (Lipinski definition) is 2. The van der Waals surface area contributed by atoms with Gasteiger partial charge in [0, 0.05) is 11.3 Å². The Morgan fingerprint density at radius 3 is 2.82 bits per heavy atom. The fraction of sp³-hybridized carbons (Fsp3) is 0.167. The van der Waals surface area contributed by atoms with Gasteiger partial charge in [-0.2, -0.15) is 0 Å². The van der Waals surface area contributed by atoms with Gasteiger partial charge in [-0.3, -0.25) is 4.79 Å². The van der Waals surface area contributed by atoms with Crippen LogP contribution in [0.1, 0.15) is 12.5 Å². The number of carbonyl (C=O) groups excluding carboxylic acids is 1. The maximum Gasteiger partial charge on any atom is 0.243 e. The molecule has 0 heterocycles. The van der Waals surface area contributed by atoms with Gasteiger partial charge in [-0.15, -0.1) is 6.42 Å². The van der Waals surface area contributed by atoms with E-state index in [4.69, 9.17) is 11.2 Å². The van der Waals surface area contributed by atoms with Crippen molar-refractivity contribution in [1.82, 2.24) is 0 Å². The molecule has 0 atom stereocenters. The summed E-state index contributed by atoms with van der Waals surface area (Å²) in [7, 11) is 0. The van der Waals surface area contributed by atoms with Crippen molar-refractivity contribution in [2.45, 2.75) is 6.92 Å². The SMILES string of the molecule is C#Cc1cccc(NCC(=O)Nc2ccccc2OCC)c1. The Morgan fingerprint density at radius 2 is 2.05 bits per heavy atom. The van der Waals surface area contributed by atoms with Crippen molar-refractivity contribution in [3.63, 3.8) is 0 Å². The van der Waals surface area contributed by atoms with Crippen LogP contribution in [-0.4, -0.2) is 19.1 Å². The van der Waals surface area contributed by atoms with Crippen molar-refractivity contribution in [3.05, 3.63) is 54.1 Å². The highest BCUT2D eigenvalue weighted by Crippen LogP contribution is 2.23. The normalized spacial score (nSPS) is 9.64. The monoisotopic (exact) mass is 294 g/mol. The zero-order valence-corrected chi connectivity index (χ0v) is 12.4. The van der Waals surface area contributed by atoms with E-state index in [9.17, 15) is 4.79 Å². The molecule has 0 saturated carbocycles. The number of anilines is 2. The van der Waals surface area contributed by atoms with Crippen molar-refractivity contribution in [3.8, 4) is 18.1 Å². The first-order chi connectivity index (χ1) is 10.7. The molecule has 0 saturated heterocycles. The number of terminal acetylenes is 1. The molecule has 1 amide bonds. The molecule has 4 nitrogen and oxygen atoms in total. The van der Waals surface area contributed by atoms with Crippen LogP contribution in [0.5, 0.6) is 5.75 Å². The zero-order valence-electron chi connectivity index (χ0n) is 12.4.